The van der Waals surface area contributed by atoms with Crippen molar-refractivity contribution in [3.05, 3.63) is 33.4 Å². The topological polar surface area (TPSA) is 84.3 Å². The summed E-state index contributed by atoms with van der Waals surface area (Å²) in [6.45, 7) is 9.14. The Morgan fingerprint density at radius 2 is 1.74 bits per heavy atom. The summed E-state index contributed by atoms with van der Waals surface area (Å²) in [7, 11) is 0. The van der Waals surface area contributed by atoms with Crippen LogP contribution in [0.4, 0.5) is 16.2 Å². The van der Waals surface area contributed by atoms with Crippen molar-refractivity contribution in [1.82, 2.24) is 5.32 Å². The van der Waals surface area contributed by atoms with E-state index in [2.05, 4.69) is 10.6 Å². The predicted molar refractivity (Wildman–Crippen MR) is 74.5 cm³/mol. The zero-order valence-electron chi connectivity index (χ0n) is 11.8. The van der Waals surface area contributed by atoms with E-state index in [0.29, 0.717) is 0 Å². The van der Waals surface area contributed by atoms with Crippen molar-refractivity contribution in [3.63, 3.8) is 0 Å². The SMILES string of the molecule is Cc1cc(NC(=O)NC(C)(C)C)c([N+](=O)[O-])cc1C. The van der Waals surface area contributed by atoms with E-state index in [0.717, 1.165) is 11.1 Å². The van der Waals surface area contributed by atoms with E-state index in [4.69, 9.17) is 0 Å². The van der Waals surface area contributed by atoms with Crippen molar-refractivity contribution in [3.8, 4) is 0 Å². The molecule has 0 heterocycles. The Morgan fingerprint density at radius 3 is 2.21 bits per heavy atom. The van der Waals surface area contributed by atoms with Crippen molar-refractivity contribution in [1.29, 1.82) is 0 Å². The number of aryl methyl sites for hydroxylation is 2. The summed E-state index contributed by atoms with van der Waals surface area (Å²) in [6.07, 6.45) is 0. The van der Waals surface area contributed by atoms with Gasteiger partial charge in [0.05, 0.1) is 4.92 Å². The fourth-order valence-corrected chi connectivity index (χ4v) is 1.55. The molecule has 0 unspecified atom stereocenters. The maximum atomic E-state index is 11.8. The van der Waals surface area contributed by atoms with Gasteiger partial charge in [-0.1, -0.05) is 0 Å². The third-order valence-corrected chi connectivity index (χ3v) is 2.55. The molecule has 104 valence electrons. The highest BCUT2D eigenvalue weighted by Gasteiger charge is 2.19. The van der Waals surface area contributed by atoms with Gasteiger partial charge in [0.1, 0.15) is 5.69 Å². The Balaban J connectivity index is 3.03. The molecule has 2 N–H and O–H groups in total. The first kappa shape index (κ1) is 14.9. The van der Waals surface area contributed by atoms with Gasteiger partial charge in [0.25, 0.3) is 5.69 Å². The van der Waals surface area contributed by atoms with Gasteiger partial charge >= 0.3 is 6.03 Å². The minimum atomic E-state index is -0.501. The second-order valence-electron chi connectivity index (χ2n) is 5.54. The molecule has 0 aromatic heterocycles. The second-order valence-corrected chi connectivity index (χ2v) is 5.54. The van der Waals surface area contributed by atoms with Crippen LogP contribution in [0.1, 0.15) is 31.9 Å². The molecule has 1 aromatic rings. The molecular formula is C13H19N3O3. The zero-order valence-corrected chi connectivity index (χ0v) is 11.8. The Hall–Kier alpha value is -2.11. The van der Waals surface area contributed by atoms with E-state index in [1.165, 1.54) is 6.07 Å². The van der Waals surface area contributed by atoms with Gasteiger partial charge in [-0.15, -0.1) is 0 Å². The number of nitrogens with zero attached hydrogens (tertiary/aromatic N) is 1. The Kier molecular flexibility index (Phi) is 4.14. The summed E-state index contributed by atoms with van der Waals surface area (Å²) in [5.41, 5.74) is 1.39. The molecule has 0 aliphatic carbocycles. The molecule has 19 heavy (non-hydrogen) atoms. The molecule has 6 nitrogen and oxygen atoms in total. The van der Waals surface area contributed by atoms with Crippen molar-refractivity contribution in [2.75, 3.05) is 5.32 Å². The van der Waals surface area contributed by atoms with Crippen LogP contribution in [0.2, 0.25) is 0 Å². The summed E-state index contributed by atoms with van der Waals surface area (Å²) < 4.78 is 0. The molecule has 0 fully saturated rings. The minimum Gasteiger partial charge on any atom is -0.333 e. The van der Waals surface area contributed by atoms with Gasteiger partial charge in [0, 0.05) is 11.6 Å². The summed E-state index contributed by atoms with van der Waals surface area (Å²) in [6, 6.07) is 2.61. The Morgan fingerprint density at radius 1 is 1.21 bits per heavy atom. The molecule has 1 aromatic carbocycles. The van der Waals surface area contributed by atoms with E-state index in [9.17, 15) is 14.9 Å². The fourth-order valence-electron chi connectivity index (χ4n) is 1.55. The van der Waals surface area contributed by atoms with Gasteiger partial charge < -0.3 is 10.6 Å². The number of anilines is 1. The van der Waals surface area contributed by atoms with Gasteiger partial charge in [-0.3, -0.25) is 10.1 Å². The van der Waals surface area contributed by atoms with Crippen LogP contribution in [0.15, 0.2) is 12.1 Å². The van der Waals surface area contributed by atoms with Crippen molar-refractivity contribution >= 4 is 17.4 Å². The van der Waals surface area contributed by atoms with Gasteiger partial charge in [-0.2, -0.15) is 0 Å². The van der Waals surface area contributed by atoms with Crippen LogP contribution < -0.4 is 10.6 Å². The standard InChI is InChI=1S/C13H19N3O3/c1-8-6-10(11(16(18)19)7-9(8)2)14-12(17)15-13(3,4)5/h6-7H,1-5H3,(H2,14,15,17). The first-order chi connectivity index (χ1) is 8.60. The summed E-state index contributed by atoms with van der Waals surface area (Å²) in [5.74, 6) is 0. The number of hydrogen-bond acceptors (Lipinski definition) is 3. The van der Waals surface area contributed by atoms with Crippen molar-refractivity contribution < 1.29 is 9.72 Å². The molecule has 0 atom stereocenters. The number of amides is 2. The maximum absolute atomic E-state index is 11.8. The van der Waals surface area contributed by atoms with Crippen LogP contribution in [-0.2, 0) is 0 Å². The van der Waals surface area contributed by atoms with E-state index in [-0.39, 0.29) is 11.4 Å². The number of rotatable bonds is 2. The van der Waals surface area contributed by atoms with Crippen LogP contribution >= 0.6 is 0 Å². The van der Waals surface area contributed by atoms with Gasteiger partial charge in [-0.25, -0.2) is 4.79 Å². The number of hydrogen-bond donors (Lipinski definition) is 2. The van der Waals surface area contributed by atoms with Gasteiger partial charge in [0.15, 0.2) is 0 Å². The normalized spacial score (nSPS) is 11.0. The lowest BCUT2D eigenvalue weighted by Gasteiger charge is -2.20. The number of nitro benzene ring substituents is 1. The van der Waals surface area contributed by atoms with E-state index in [1.54, 1.807) is 13.0 Å². The molecule has 0 aliphatic heterocycles. The third-order valence-electron chi connectivity index (χ3n) is 2.55. The fraction of sp³-hybridized carbons (Fsp3) is 0.462. The number of carbonyl (C=O) groups excluding carboxylic acids is 1. The number of nitro groups is 1. The van der Waals surface area contributed by atoms with Crippen LogP contribution in [0, 0.1) is 24.0 Å². The largest absolute Gasteiger partial charge is 0.333 e. The average molecular weight is 265 g/mol. The summed E-state index contributed by atoms with van der Waals surface area (Å²) in [4.78, 5) is 22.2. The van der Waals surface area contributed by atoms with Gasteiger partial charge in [0.2, 0.25) is 0 Å². The lowest BCUT2D eigenvalue weighted by atomic mass is 10.1. The molecule has 0 bridgehead atoms. The summed E-state index contributed by atoms with van der Waals surface area (Å²) >= 11 is 0. The van der Waals surface area contributed by atoms with E-state index < -0.39 is 16.5 Å². The molecule has 0 radical (unpaired) electrons. The Labute approximate surface area is 112 Å². The first-order valence-electron chi connectivity index (χ1n) is 5.95. The first-order valence-corrected chi connectivity index (χ1v) is 5.95. The maximum Gasteiger partial charge on any atom is 0.319 e. The van der Waals surface area contributed by atoms with Gasteiger partial charge in [-0.05, 0) is 51.8 Å². The molecule has 2 amide bonds. The zero-order chi connectivity index (χ0) is 14.8. The molecular weight excluding hydrogens is 246 g/mol. The molecule has 0 saturated carbocycles. The lowest BCUT2D eigenvalue weighted by Crippen LogP contribution is -2.43. The van der Waals surface area contributed by atoms with Crippen LogP contribution in [0.25, 0.3) is 0 Å². The third kappa shape index (κ3) is 4.24. The minimum absolute atomic E-state index is 0.104. The van der Waals surface area contributed by atoms with Crippen molar-refractivity contribution in [2.45, 2.75) is 40.2 Å². The smallest absolute Gasteiger partial charge is 0.319 e. The number of benzene rings is 1. The van der Waals surface area contributed by atoms with E-state index >= 15 is 0 Å². The van der Waals surface area contributed by atoms with Crippen LogP contribution in [0.3, 0.4) is 0 Å². The molecule has 0 spiro atoms. The second kappa shape index (κ2) is 5.26. The van der Waals surface area contributed by atoms with E-state index in [1.807, 2.05) is 27.7 Å². The van der Waals surface area contributed by atoms with Crippen molar-refractivity contribution in [2.24, 2.45) is 0 Å². The van der Waals surface area contributed by atoms with Crippen LogP contribution in [-0.4, -0.2) is 16.5 Å². The van der Waals surface area contributed by atoms with Crippen LogP contribution in [0.5, 0.6) is 0 Å². The summed E-state index contributed by atoms with van der Waals surface area (Å²) in [5, 5.41) is 16.2. The molecule has 6 heteroatoms. The lowest BCUT2D eigenvalue weighted by molar-refractivity contribution is -0.384. The highest BCUT2D eigenvalue weighted by molar-refractivity contribution is 5.92. The molecule has 0 aliphatic rings. The number of carbonyl (C=O) groups is 1. The predicted octanol–water partition coefficient (Wildman–Crippen LogP) is 3.13. The monoisotopic (exact) mass is 265 g/mol. The number of nitrogens with one attached hydrogen (secondary N) is 2. The highest BCUT2D eigenvalue weighted by Crippen LogP contribution is 2.27. The number of urea groups is 1. The Bertz CT molecular complexity index is 519. The highest BCUT2D eigenvalue weighted by atomic mass is 16.6. The molecule has 0 saturated heterocycles. The quantitative estimate of drug-likeness (QED) is 0.636. The average Bonchev–Trinajstić information content (AvgIpc) is 2.19. The molecule has 1 rings (SSSR count).